The van der Waals surface area contributed by atoms with Gasteiger partial charge in [0.15, 0.2) is 0 Å². The molecule has 2 aromatic rings. The first-order chi connectivity index (χ1) is 15.1. The van der Waals surface area contributed by atoms with Gasteiger partial charge in [0.25, 0.3) is 0 Å². The van der Waals surface area contributed by atoms with Crippen molar-refractivity contribution in [2.75, 3.05) is 26.1 Å². The largest absolute Gasteiger partial charge is 1.00 e. The van der Waals surface area contributed by atoms with Gasteiger partial charge in [-0.05, 0) is 67.3 Å². The Morgan fingerprint density at radius 1 is 1.27 bits per heavy atom. The molecule has 0 aliphatic carbocycles. The molecule has 3 rings (SSSR count). The molecule has 1 saturated heterocycles. The quantitative estimate of drug-likeness (QED) is 0.497. The number of carboxylic acid groups (broad SMARTS) is 1. The molecule has 0 radical (unpaired) electrons. The van der Waals surface area contributed by atoms with Crippen molar-refractivity contribution in [2.24, 2.45) is 0 Å². The molecule has 10 heteroatoms. The summed E-state index contributed by atoms with van der Waals surface area (Å²) in [4.78, 5) is 10.6. The Hall–Kier alpha value is -1.49. The third kappa shape index (κ3) is 6.15. The summed E-state index contributed by atoms with van der Waals surface area (Å²) in [6.45, 7) is 2.31. The first-order valence-corrected chi connectivity index (χ1v) is 11.8. The first-order valence-electron chi connectivity index (χ1n) is 10.3. The molecule has 1 aliphatic rings. The Morgan fingerprint density at radius 2 is 2.00 bits per heavy atom. The summed E-state index contributed by atoms with van der Waals surface area (Å²) in [6.07, 6.45) is 0.671. The standard InChI is InChI=1S/C23H28FNO6S.Na/c1-15-14-23(30-3,8-9-31-15)17-11-18(24)13-20(12-17)32(28,29)19-5-6-21(25-2)16(10-19)4-7-22(26)27;/h5-6,10-13,15,25H,4,7-9,14H2,1-3H3,(H,26,27);/q;+1/p-1/t15-,23+;/m0./s1. The van der Waals surface area contributed by atoms with E-state index >= 15 is 0 Å². The van der Waals surface area contributed by atoms with Crippen molar-refractivity contribution < 1.29 is 61.7 Å². The van der Waals surface area contributed by atoms with Crippen LogP contribution < -0.4 is 40.0 Å². The van der Waals surface area contributed by atoms with Gasteiger partial charge in [0.2, 0.25) is 9.84 Å². The van der Waals surface area contributed by atoms with E-state index in [4.69, 9.17) is 9.47 Å². The minimum atomic E-state index is -4.07. The van der Waals surface area contributed by atoms with Crippen LogP contribution in [0, 0.1) is 5.82 Å². The van der Waals surface area contributed by atoms with Crippen LogP contribution in [-0.2, 0) is 36.1 Å². The van der Waals surface area contributed by atoms with Gasteiger partial charge in [0.1, 0.15) is 5.82 Å². The SMILES string of the molecule is CNc1ccc(S(=O)(=O)c2cc(F)cc([C@@]3(OC)CCO[C@@H](C)C3)c2)cc1CCC(=O)[O-].[Na+]. The third-order valence-electron chi connectivity index (χ3n) is 5.88. The van der Waals surface area contributed by atoms with Crippen molar-refractivity contribution in [3.63, 3.8) is 0 Å². The molecule has 1 heterocycles. The Bertz CT molecular complexity index is 1110. The zero-order chi connectivity index (χ0) is 23.5. The van der Waals surface area contributed by atoms with Gasteiger partial charge in [0.05, 0.1) is 28.1 Å². The molecule has 0 spiro atoms. The molecule has 7 nitrogen and oxygen atoms in total. The average Bonchev–Trinajstić information content (AvgIpc) is 2.76. The molecule has 0 unspecified atom stereocenters. The number of carbonyl (C=O) groups is 1. The maximum Gasteiger partial charge on any atom is 1.00 e. The third-order valence-corrected chi connectivity index (χ3v) is 7.61. The van der Waals surface area contributed by atoms with E-state index in [1.165, 1.54) is 31.4 Å². The number of carboxylic acids is 1. The van der Waals surface area contributed by atoms with E-state index in [2.05, 4.69) is 5.32 Å². The number of methoxy groups -OCH3 is 1. The molecule has 2 aromatic carbocycles. The Morgan fingerprint density at radius 3 is 2.61 bits per heavy atom. The summed E-state index contributed by atoms with van der Waals surface area (Å²) in [5.74, 6) is -1.91. The van der Waals surface area contributed by atoms with Crippen LogP contribution in [0.5, 0.6) is 0 Å². The van der Waals surface area contributed by atoms with Crippen molar-refractivity contribution >= 4 is 21.5 Å². The fraction of sp³-hybridized carbons (Fsp3) is 0.435. The van der Waals surface area contributed by atoms with Crippen LogP contribution in [0.3, 0.4) is 0 Å². The normalized spacial score (nSPS) is 20.7. The van der Waals surface area contributed by atoms with Gasteiger partial charge in [-0.3, -0.25) is 0 Å². The second-order valence-corrected chi connectivity index (χ2v) is 9.90. The maximum atomic E-state index is 14.6. The molecule has 0 aromatic heterocycles. The van der Waals surface area contributed by atoms with Gasteiger partial charge >= 0.3 is 29.6 Å². The number of aliphatic carboxylic acids is 1. The number of hydrogen-bond acceptors (Lipinski definition) is 7. The molecule has 0 amide bonds. The van der Waals surface area contributed by atoms with Crippen molar-refractivity contribution in [2.45, 2.75) is 54.1 Å². The number of aryl methyl sites for hydroxylation is 1. The van der Waals surface area contributed by atoms with Gasteiger partial charge in [-0.2, -0.15) is 0 Å². The van der Waals surface area contributed by atoms with Crippen LogP contribution in [0.4, 0.5) is 10.1 Å². The van der Waals surface area contributed by atoms with Gasteiger partial charge in [-0.1, -0.05) is 0 Å². The molecule has 1 fully saturated rings. The van der Waals surface area contributed by atoms with Crippen LogP contribution in [0.25, 0.3) is 0 Å². The first kappa shape index (κ1) is 27.8. The zero-order valence-corrected chi connectivity index (χ0v) is 22.1. The Kier molecular flexibility index (Phi) is 9.50. The summed E-state index contributed by atoms with van der Waals surface area (Å²) >= 11 is 0. The summed E-state index contributed by atoms with van der Waals surface area (Å²) in [7, 11) is -0.893. The van der Waals surface area contributed by atoms with Crippen LogP contribution in [0.1, 0.15) is 37.3 Å². The minimum absolute atomic E-state index is 0. The van der Waals surface area contributed by atoms with E-state index in [1.54, 1.807) is 13.1 Å². The summed E-state index contributed by atoms with van der Waals surface area (Å²) < 4.78 is 52.7. The number of anilines is 1. The second-order valence-electron chi connectivity index (χ2n) is 7.95. The summed E-state index contributed by atoms with van der Waals surface area (Å²) in [6, 6.07) is 8.13. The van der Waals surface area contributed by atoms with Gasteiger partial charge in [-0.25, -0.2) is 12.8 Å². The number of nitrogens with one attached hydrogen (secondary N) is 1. The van der Waals surface area contributed by atoms with Crippen molar-refractivity contribution in [1.82, 2.24) is 0 Å². The molecule has 0 saturated carbocycles. The van der Waals surface area contributed by atoms with Gasteiger partial charge < -0.3 is 24.7 Å². The predicted molar refractivity (Wildman–Crippen MR) is 115 cm³/mol. The molecule has 1 N–H and O–H groups in total. The van der Waals surface area contributed by atoms with Crippen molar-refractivity contribution in [3.05, 3.63) is 53.3 Å². The average molecular weight is 488 g/mol. The number of benzene rings is 2. The van der Waals surface area contributed by atoms with Crippen molar-refractivity contribution in [1.29, 1.82) is 0 Å². The van der Waals surface area contributed by atoms with Gasteiger partial charge in [0, 0.05) is 38.7 Å². The molecular weight excluding hydrogens is 460 g/mol. The summed E-state index contributed by atoms with van der Waals surface area (Å²) in [5.41, 5.74) is 0.720. The van der Waals surface area contributed by atoms with Gasteiger partial charge in [-0.15, -0.1) is 0 Å². The Labute approximate surface area is 215 Å². The Balaban J connectivity index is 0.00000385. The zero-order valence-electron chi connectivity index (χ0n) is 19.3. The number of hydrogen-bond donors (Lipinski definition) is 1. The second kappa shape index (κ2) is 11.3. The molecule has 2 atom stereocenters. The van der Waals surface area contributed by atoms with E-state index in [1.807, 2.05) is 6.92 Å². The molecule has 174 valence electrons. The van der Waals surface area contributed by atoms with Crippen LogP contribution in [-0.4, -0.2) is 41.3 Å². The van der Waals surface area contributed by atoms with Crippen LogP contribution in [0.15, 0.2) is 46.2 Å². The maximum absolute atomic E-state index is 14.6. The monoisotopic (exact) mass is 487 g/mol. The fourth-order valence-electron chi connectivity index (χ4n) is 4.16. The fourth-order valence-corrected chi connectivity index (χ4v) is 5.52. The topological polar surface area (TPSA) is 105 Å². The number of ether oxygens (including phenoxy) is 2. The van der Waals surface area contributed by atoms with E-state index in [-0.39, 0.29) is 58.3 Å². The number of halogens is 1. The minimum Gasteiger partial charge on any atom is -0.550 e. The smallest absolute Gasteiger partial charge is 0.550 e. The predicted octanol–water partition coefficient (Wildman–Crippen LogP) is -0.573. The van der Waals surface area contributed by atoms with Crippen molar-refractivity contribution in [3.8, 4) is 0 Å². The molecule has 1 aliphatic heterocycles. The number of sulfone groups is 1. The summed E-state index contributed by atoms with van der Waals surface area (Å²) in [5, 5.41) is 13.8. The van der Waals surface area contributed by atoms with E-state index in [0.29, 0.717) is 36.3 Å². The van der Waals surface area contributed by atoms with Crippen LogP contribution in [0.2, 0.25) is 0 Å². The van der Waals surface area contributed by atoms with E-state index < -0.39 is 27.2 Å². The van der Waals surface area contributed by atoms with Crippen LogP contribution >= 0.6 is 0 Å². The molecule has 0 bridgehead atoms. The van der Waals surface area contributed by atoms with E-state index in [0.717, 1.165) is 6.07 Å². The number of carbonyl (C=O) groups excluding carboxylic acids is 1. The number of rotatable bonds is 8. The molecular formula is C23H27FNNaO6S. The molecule has 33 heavy (non-hydrogen) atoms. The van der Waals surface area contributed by atoms with E-state index in [9.17, 15) is 22.7 Å².